The third kappa shape index (κ3) is 2.77. The minimum Gasteiger partial charge on any atom is -0.326 e. The number of hydrogen-bond donors (Lipinski definition) is 1. The van der Waals surface area contributed by atoms with E-state index in [1.54, 1.807) is 0 Å². The van der Waals surface area contributed by atoms with E-state index in [0.29, 0.717) is 17.4 Å². The van der Waals surface area contributed by atoms with Gasteiger partial charge in [0.25, 0.3) is 0 Å². The smallest absolute Gasteiger partial charge is 0.0237 e. The Kier molecular flexibility index (Phi) is 3.42. The average Bonchev–Trinajstić information content (AvgIpc) is 2.58. The molecular weight excluding hydrogens is 244 g/mol. The number of hydrogen-bond acceptors (Lipinski definition) is 2. The Morgan fingerprint density at radius 3 is 2.70 bits per heavy atom. The van der Waals surface area contributed by atoms with Crippen LogP contribution in [0.1, 0.15) is 51.2 Å². The minimum absolute atomic E-state index is 0.505. The number of fused-ring (bicyclic) bond motifs is 2. The highest BCUT2D eigenvalue weighted by Crippen LogP contribution is 2.52. The third-order valence-corrected chi connectivity index (χ3v) is 5.14. The van der Waals surface area contributed by atoms with Crippen molar-refractivity contribution < 1.29 is 0 Å². The van der Waals surface area contributed by atoms with Gasteiger partial charge in [0.1, 0.15) is 0 Å². The van der Waals surface area contributed by atoms with Crippen molar-refractivity contribution in [2.24, 2.45) is 16.6 Å². The summed E-state index contributed by atoms with van der Waals surface area (Å²) in [7, 11) is 0. The molecule has 2 unspecified atom stereocenters. The fourth-order valence-corrected chi connectivity index (χ4v) is 4.85. The molecule has 0 spiro atoms. The van der Waals surface area contributed by atoms with Crippen LogP contribution < -0.4 is 5.73 Å². The highest BCUT2D eigenvalue weighted by atomic mass is 15.2. The summed E-state index contributed by atoms with van der Waals surface area (Å²) in [5.41, 5.74) is 9.45. The average molecular weight is 272 g/mol. The predicted molar refractivity (Wildman–Crippen MR) is 84.3 cm³/mol. The Morgan fingerprint density at radius 2 is 1.95 bits per heavy atom. The third-order valence-electron chi connectivity index (χ3n) is 5.14. The molecule has 110 valence electrons. The van der Waals surface area contributed by atoms with Crippen molar-refractivity contribution in [3.63, 3.8) is 0 Å². The summed E-state index contributed by atoms with van der Waals surface area (Å²) in [4.78, 5) is 2.71. The van der Waals surface area contributed by atoms with E-state index in [0.717, 1.165) is 12.6 Å². The summed E-state index contributed by atoms with van der Waals surface area (Å²) < 4.78 is 0. The molecule has 1 aromatic carbocycles. The number of rotatable bonds is 3. The fourth-order valence-electron chi connectivity index (χ4n) is 4.85. The van der Waals surface area contributed by atoms with E-state index in [1.165, 1.54) is 36.9 Å². The van der Waals surface area contributed by atoms with Crippen LogP contribution in [0.4, 0.5) is 0 Å². The molecule has 2 atom stereocenters. The summed E-state index contributed by atoms with van der Waals surface area (Å²) in [6.07, 6.45) is 4.10. The highest BCUT2D eigenvalue weighted by molar-refractivity contribution is 5.23. The molecular formula is C18H28N2. The first kappa shape index (κ1) is 14.1. The molecule has 1 aromatic rings. The van der Waals surface area contributed by atoms with Gasteiger partial charge in [-0.25, -0.2) is 0 Å². The van der Waals surface area contributed by atoms with Crippen LogP contribution >= 0.6 is 0 Å². The molecule has 1 aliphatic heterocycles. The molecule has 1 saturated heterocycles. The molecule has 2 aliphatic rings. The SMILES string of the molecule is CC1(C)CC2CC(C)(CN2Cc2cccc(CN)c2)C1. The van der Waals surface area contributed by atoms with E-state index in [2.05, 4.69) is 49.9 Å². The highest BCUT2D eigenvalue weighted by Gasteiger charge is 2.49. The van der Waals surface area contributed by atoms with Gasteiger partial charge in [0.15, 0.2) is 0 Å². The number of nitrogens with zero attached hydrogens (tertiary/aromatic N) is 1. The maximum atomic E-state index is 5.76. The molecule has 0 amide bonds. The van der Waals surface area contributed by atoms with E-state index < -0.39 is 0 Å². The summed E-state index contributed by atoms with van der Waals surface area (Å²) in [5, 5.41) is 0. The van der Waals surface area contributed by atoms with E-state index in [1.807, 2.05) is 0 Å². The van der Waals surface area contributed by atoms with Gasteiger partial charge in [-0.2, -0.15) is 0 Å². The Bertz CT molecular complexity index is 494. The van der Waals surface area contributed by atoms with E-state index >= 15 is 0 Å². The lowest BCUT2D eigenvalue weighted by Gasteiger charge is -2.40. The van der Waals surface area contributed by atoms with Crippen molar-refractivity contribution in [3.05, 3.63) is 35.4 Å². The van der Waals surface area contributed by atoms with Gasteiger partial charge in [0.2, 0.25) is 0 Å². The van der Waals surface area contributed by atoms with E-state index in [4.69, 9.17) is 5.73 Å². The zero-order chi connectivity index (χ0) is 14.4. The van der Waals surface area contributed by atoms with Crippen molar-refractivity contribution >= 4 is 0 Å². The molecule has 20 heavy (non-hydrogen) atoms. The van der Waals surface area contributed by atoms with Crippen LogP contribution in [0.2, 0.25) is 0 Å². The van der Waals surface area contributed by atoms with Crippen LogP contribution in [-0.4, -0.2) is 17.5 Å². The predicted octanol–water partition coefficient (Wildman–Crippen LogP) is 3.55. The second-order valence-corrected chi connectivity index (χ2v) is 8.14. The molecule has 2 heteroatoms. The van der Waals surface area contributed by atoms with Crippen molar-refractivity contribution in [3.8, 4) is 0 Å². The first-order chi connectivity index (χ1) is 9.39. The van der Waals surface area contributed by atoms with Crippen LogP contribution in [0, 0.1) is 10.8 Å². The van der Waals surface area contributed by atoms with Crippen LogP contribution in [-0.2, 0) is 13.1 Å². The monoisotopic (exact) mass is 272 g/mol. The molecule has 0 aromatic heterocycles. The van der Waals surface area contributed by atoms with Crippen LogP contribution in [0.15, 0.2) is 24.3 Å². The normalized spacial score (nSPS) is 32.5. The number of nitrogens with two attached hydrogens (primary N) is 1. The molecule has 2 fully saturated rings. The van der Waals surface area contributed by atoms with Crippen molar-refractivity contribution in [2.45, 2.75) is 59.2 Å². The second kappa shape index (κ2) is 4.85. The Labute approximate surface area is 123 Å². The molecule has 1 heterocycles. The van der Waals surface area contributed by atoms with E-state index in [-0.39, 0.29) is 0 Å². The van der Waals surface area contributed by atoms with Gasteiger partial charge >= 0.3 is 0 Å². The zero-order valence-electron chi connectivity index (χ0n) is 13.2. The van der Waals surface area contributed by atoms with Gasteiger partial charge in [-0.1, -0.05) is 45.0 Å². The van der Waals surface area contributed by atoms with Crippen molar-refractivity contribution in [2.75, 3.05) is 6.54 Å². The second-order valence-electron chi connectivity index (χ2n) is 8.14. The minimum atomic E-state index is 0.505. The lowest BCUT2D eigenvalue weighted by Crippen LogP contribution is -2.34. The summed E-state index contributed by atoms with van der Waals surface area (Å²) in [5.74, 6) is 0. The number of benzene rings is 1. The quantitative estimate of drug-likeness (QED) is 0.912. The molecule has 3 rings (SSSR count). The first-order valence-electron chi connectivity index (χ1n) is 7.91. The first-order valence-corrected chi connectivity index (χ1v) is 7.91. The van der Waals surface area contributed by atoms with Crippen molar-refractivity contribution in [1.29, 1.82) is 0 Å². The Balaban J connectivity index is 1.76. The summed E-state index contributed by atoms with van der Waals surface area (Å²) >= 11 is 0. The van der Waals surface area contributed by atoms with Gasteiger partial charge in [-0.15, -0.1) is 0 Å². The molecule has 2 bridgehead atoms. The van der Waals surface area contributed by atoms with Crippen LogP contribution in [0.25, 0.3) is 0 Å². The molecule has 1 aliphatic carbocycles. The largest absolute Gasteiger partial charge is 0.326 e. The summed E-state index contributed by atoms with van der Waals surface area (Å²) in [6.45, 7) is 10.4. The van der Waals surface area contributed by atoms with Gasteiger partial charge in [-0.05, 0) is 41.2 Å². The number of likely N-dealkylation sites (tertiary alicyclic amines) is 1. The van der Waals surface area contributed by atoms with Gasteiger partial charge in [0, 0.05) is 25.7 Å². The Morgan fingerprint density at radius 1 is 1.20 bits per heavy atom. The van der Waals surface area contributed by atoms with Gasteiger partial charge in [-0.3, -0.25) is 4.90 Å². The lowest BCUT2D eigenvalue weighted by atomic mass is 9.65. The standard InChI is InChI=1S/C18H28N2/c1-17(2)8-16-9-18(3,12-17)13-20(16)11-15-6-4-5-14(7-15)10-19/h4-7,16H,8-13,19H2,1-3H3. The van der Waals surface area contributed by atoms with Gasteiger partial charge in [0.05, 0.1) is 0 Å². The zero-order valence-corrected chi connectivity index (χ0v) is 13.2. The van der Waals surface area contributed by atoms with Crippen LogP contribution in [0.5, 0.6) is 0 Å². The van der Waals surface area contributed by atoms with Crippen molar-refractivity contribution in [1.82, 2.24) is 4.90 Å². The maximum Gasteiger partial charge on any atom is 0.0237 e. The molecule has 1 saturated carbocycles. The van der Waals surface area contributed by atoms with E-state index in [9.17, 15) is 0 Å². The van der Waals surface area contributed by atoms with Gasteiger partial charge < -0.3 is 5.73 Å². The van der Waals surface area contributed by atoms with Crippen LogP contribution in [0.3, 0.4) is 0 Å². The molecule has 0 radical (unpaired) electrons. The molecule has 2 N–H and O–H groups in total. The molecule has 2 nitrogen and oxygen atoms in total. The topological polar surface area (TPSA) is 29.3 Å². The Hall–Kier alpha value is -0.860. The maximum absolute atomic E-state index is 5.76. The fraction of sp³-hybridized carbons (Fsp3) is 0.667. The summed E-state index contributed by atoms with van der Waals surface area (Å²) in [6, 6.07) is 9.55. The lowest BCUT2D eigenvalue weighted by molar-refractivity contribution is 0.126.